The molecule has 4 aromatic carbocycles. The summed E-state index contributed by atoms with van der Waals surface area (Å²) in [6.07, 6.45) is 5.52. The van der Waals surface area contributed by atoms with Gasteiger partial charge >= 0.3 is 0 Å². The molecule has 2 aromatic heterocycles. The molecule has 3 heteroatoms. The predicted molar refractivity (Wildman–Crippen MR) is 144 cm³/mol. The summed E-state index contributed by atoms with van der Waals surface area (Å²) >= 11 is 0. The van der Waals surface area contributed by atoms with E-state index in [-0.39, 0.29) is 0 Å². The van der Waals surface area contributed by atoms with E-state index in [9.17, 15) is 5.26 Å². The molecule has 1 aliphatic rings. The zero-order valence-electron chi connectivity index (χ0n) is 19.4. The minimum Gasteiger partial charge on any atom is -0.308 e. The minimum atomic E-state index is 0.437. The first kappa shape index (κ1) is 19.9. The number of hydrogen-bond donors (Lipinski definition) is 0. The summed E-state index contributed by atoms with van der Waals surface area (Å²) in [5.74, 6) is 0.437. The predicted octanol–water partition coefficient (Wildman–Crippen LogP) is 8.12. The van der Waals surface area contributed by atoms with Gasteiger partial charge in [-0.05, 0) is 54.3 Å². The van der Waals surface area contributed by atoms with Crippen LogP contribution in [-0.4, -0.2) is 9.13 Å². The number of fused-ring (bicyclic) bond motifs is 6. The molecule has 7 rings (SSSR count). The fourth-order valence-corrected chi connectivity index (χ4v) is 5.93. The van der Waals surface area contributed by atoms with E-state index in [4.69, 9.17) is 0 Å². The van der Waals surface area contributed by atoms with Gasteiger partial charge in [0.05, 0.1) is 33.6 Å². The molecule has 0 bridgehead atoms. The summed E-state index contributed by atoms with van der Waals surface area (Å²) in [4.78, 5) is 0. The second-order valence-electron chi connectivity index (χ2n) is 9.34. The highest BCUT2D eigenvalue weighted by Crippen LogP contribution is 2.41. The van der Waals surface area contributed by atoms with E-state index in [1.54, 1.807) is 0 Å². The number of allylic oxidation sites excluding steroid dienone is 1. The third-order valence-corrected chi connectivity index (χ3v) is 7.40. The number of benzene rings is 4. The van der Waals surface area contributed by atoms with Gasteiger partial charge in [-0.15, -0.1) is 0 Å². The molecule has 0 amide bonds. The van der Waals surface area contributed by atoms with Crippen molar-refractivity contribution in [3.05, 3.63) is 114 Å². The second kappa shape index (κ2) is 7.48. The molecule has 2 heterocycles. The lowest BCUT2D eigenvalue weighted by molar-refractivity contribution is 0.772. The lowest BCUT2D eigenvalue weighted by atomic mass is 9.91. The number of aromatic nitrogens is 2. The molecule has 0 saturated carbocycles. The highest BCUT2D eigenvalue weighted by molar-refractivity contribution is 6.09. The van der Waals surface area contributed by atoms with Crippen molar-refractivity contribution in [2.45, 2.75) is 19.3 Å². The summed E-state index contributed by atoms with van der Waals surface area (Å²) in [5.41, 5.74) is 8.41. The van der Waals surface area contributed by atoms with E-state index in [0.717, 1.165) is 34.3 Å². The van der Waals surface area contributed by atoms with Gasteiger partial charge in [0.1, 0.15) is 11.6 Å². The summed E-state index contributed by atoms with van der Waals surface area (Å²) < 4.78 is 4.52. The van der Waals surface area contributed by atoms with Crippen LogP contribution >= 0.6 is 0 Å². The molecule has 3 nitrogen and oxygen atoms in total. The Morgan fingerprint density at radius 3 is 1.86 bits per heavy atom. The standard InChI is InChI=1S/C32H23N3/c1-21-10-8-19-31-32(21)24-13-4-7-16-28(24)35(31)30-18-9-17-29(25(30)20-33)34-26-14-5-2-11-22(26)23-12-3-6-15-27(23)34/h2-9,11-19,21H,10H2,1H3. The molecule has 0 N–H and O–H groups in total. The Morgan fingerprint density at radius 1 is 0.686 bits per heavy atom. The first-order valence-corrected chi connectivity index (χ1v) is 12.1. The quantitative estimate of drug-likeness (QED) is 0.263. The van der Waals surface area contributed by atoms with Crippen molar-refractivity contribution >= 4 is 38.8 Å². The van der Waals surface area contributed by atoms with Crippen LogP contribution in [0, 0.1) is 11.3 Å². The Kier molecular flexibility index (Phi) is 4.25. The maximum atomic E-state index is 10.6. The zero-order valence-corrected chi connectivity index (χ0v) is 19.4. The Bertz CT molecular complexity index is 1800. The van der Waals surface area contributed by atoms with Crippen molar-refractivity contribution in [2.75, 3.05) is 0 Å². The van der Waals surface area contributed by atoms with Gasteiger partial charge in [0.25, 0.3) is 0 Å². The van der Waals surface area contributed by atoms with Crippen LogP contribution in [0.3, 0.4) is 0 Å². The van der Waals surface area contributed by atoms with Crippen molar-refractivity contribution in [2.24, 2.45) is 0 Å². The fourth-order valence-electron chi connectivity index (χ4n) is 5.93. The van der Waals surface area contributed by atoms with Gasteiger partial charge in [-0.1, -0.05) is 73.7 Å². The average molecular weight is 450 g/mol. The van der Waals surface area contributed by atoms with E-state index in [2.05, 4.69) is 125 Å². The number of para-hydroxylation sites is 3. The fraction of sp³-hybridized carbons (Fsp3) is 0.0938. The Labute approximate surface area is 203 Å². The van der Waals surface area contributed by atoms with Crippen LogP contribution in [0.15, 0.2) is 97.1 Å². The number of nitriles is 1. The Morgan fingerprint density at radius 2 is 1.23 bits per heavy atom. The van der Waals surface area contributed by atoms with Crippen LogP contribution in [0.2, 0.25) is 0 Å². The molecule has 0 fully saturated rings. The van der Waals surface area contributed by atoms with E-state index in [1.807, 2.05) is 0 Å². The normalized spacial score (nSPS) is 15.0. The molecule has 1 atom stereocenters. The first-order valence-electron chi connectivity index (χ1n) is 12.1. The molecule has 166 valence electrons. The van der Waals surface area contributed by atoms with Crippen molar-refractivity contribution < 1.29 is 0 Å². The SMILES string of the molecule is CC1CC=Cc2c1c1ccccc1n2-c1cccc(-n2c3ccccc3c3ccccc32)c1C#N. The van der Waals surface area contributed by atoms with Gasteiger partial charge in [0, 0.05) is 16.2 Å². The largest absolute Gasteiger partial charge is 0.308 e. The molecule has 0 aliphatic heterocycles. The van der Waals surface area contributed by atoms with Crippen LogP contribution in [0.5, 0.6) is 0 Å². The molecule has 0 spiro atoms. The monoisotopic (exact) mass is 449 g/mol. The molecule has 0 saturated heterocycles. The van der Waals surface area contributed by atoms with Gasteiger partial charge in [0.15, 0.2) is 0 Å². The van der Waals surface area contributed by atoms with E-state index in [0.29, 0.717) is 11.5 Å². The molecule has 6 aromatic rings. The van der Waals surface area contributed by atoms with Crippen molar-refractivity contribution in [3.8, 4) is 17.4 Å². The van der Waals surface area contributed by atoms with Crippen molar-refractivity contribution in [3.63, 3.8) is 0 Å². The van der Waals surface area contributed by atoms with Crippen molar-refractivity contribution in [1.29, 1.82) is 5.26 Å². The molecular weight excluding hydrogens is 426 g/mol. The van der Waals surface area contributed by atoms with Gasteiger partial charge in [-0.3, -0.25) is 0 Å². The molecule has 35 heavy (non-hydrogen) atoms. The second-order valence-corrected chi connectivity index (χ2v) is 9.34. The lowest BCUT2D eigenvalue weighted by Gasteiger charge is -2.19. The number of nitrogens with zero attached hydrogens (tertiary/aromatic N) is 3. The van der Waals surface area contributed by atoms with Crippen LogP contribution in [0.4, 0.5) is 0 Å². The Balaban J connectivity index is 1.60. The van der Waals surface area contributed by atoms with E-state index >= 15 is 0 Å². The highest BCUT2D eigenvalue weighted by Gasteiger charge is 2.25. The van der Waals surface area contributed by atoms with Crippen LogP contribution in [-0.2, 0) is 0 Å². The maximum absolute atomic E-state index is 10.6. The molecule has 0 radical (unpaired) electrons. The zero-order chi connectivity index (χ0) is 23.5. The third kappa shape index (κ3) is 2.71. The van der Waals surface area contributed by atoms with Crippen LogP contribution in [0.1, 0.15) is 36.1 Å². The smallest absolute Gasteiger partial charge is 0.104 e. The van der Waals surface area contributed by atoms with Crippen molar-refractivity contribution in [1.82, 2.24) is 9.13 Å². The summed E-state index contributed by atoms with van der Waals surface area (Å²) in [6, 6.07) is 34.3. The first-order chi connectivity index (χ1) is 17.3. The van der Waals surface area contributed by atoms with Gasteiger partial charge in [0.2, 0.25) is 0 Å². The minimum absolute atomic E-state index is 0.437. The highest BCUT2D eigenvalue weighted by atomic mass is 15.0. The number of rotatable bonds is 2. The summed E-state index contributed by atoms with van der Waals surface area (Å²) in [6.45, 7) is 2.29. The lowest BCUT2D eigenvalue weighted by Crippen LogP contribution is -2.07. The van der Waals surface area contributed by atoms with E-state index in [1.165, 1.54) is 27.4 Å². The van der Waals surface area contributed by atoms with Gasteiger partial charge in [-0.2, -0.15) is 5.26 Å². The average Bonchev–Trinajstić information content (AvgIpc) is 3.42. The molecule has 1 unspecified atom stereocenters. The number of hydrogen-bond acceptors (Lipinski definition) is 1. The van der Waals surface area contributed by atoms with Gasteiger partial charge in [-0.25, -0.2) is 0 Å². The third-order valence-electron chi connectivity index (χ3n) is 7.40. The molecule has 1 aliphatic carbocycles. The van der Waals surface area contributed by atoms with E-state index < -0.39 is 0 Å². The van der Waals surface area contributed by atoms with Crippen LogP contribution in [0.25, 0.3) is 50.2 Å². The van der Waals surface area contributed by atoms with Crippen LogP contribution < -0.4 is 0 Å². The molecular formula is C32H23N3. The topological polar surface area (TPSA) is 33.6 Å². The van der Waals surface area contributed by atoms with Gasteiger partial charge < -0.3 is 9.13 Å². The Hall–Kier alpha value is -4.55. The maximum Gasteiger partial charge on any atom is 0.104 e. The summed E-state index contributed by atoms with van der Waals surface area (Å²) in [7, 11) is 0. The summed E-state index contributed by atoms with van der Waals surface area (Å²) in [5, 5.41) is 14.2.